The maximum atomic E-state index is 12.8. The summed E-state index contributed by atoms with van der Waals surface area (Å²) in [7, 11) is 0. The number of aryl methyl sites for hydroxylation is 2. The molecule has 1 unspecified atom stereocenters. The Balaban J connectivity index is 2.45. The average Bonchev–Trinajstić information content (AvgIpc) is 2.81. The summed E-state index contributed by atoms with van der Waals surface area (Å²) < 4.78 is 42.2. The summed E-state index contributed by atoms with van der Waals surface area (Å²) in [6, 6.07) is 3.65. The van der Waals surface area contributed by atoms with Crippen LogP contribution in [0, 0.1) is 13.8 Å². The van der Waals surface area contributed by atoms with Crippen LogP contribution in [0.15, 0.2) is 18.2 Å². The molecule has 0 aliphatic heterocycles. The number of benzene rings is 1. The zero-order valence-corrected chi connectivity index (χ0v) is 12.8. The molecule has 0 aliphatic carbocycles. The largest absolute Gasteiger partial charge is 0.416 e. The number of nitrogens with one attached hydrogen (secondary N) is 1. The molecule has 2 rings (SSSR count). The third-order valence-corrected chi connectivity index (χ3v) is 4.16. The van der Waals surface area contributed by atoms with Gasteiger partial charge >= 0.3 is 6.18 Å². The Morgan fingerprint density at radius 2 is 2.00 bits per heavy atom. The minimum Gasteiger partial charge on any atom is -0.306 e. The van der Waals surface area contributed by atoms with Crippen molar-refractivity contribution in [1.82, 2.24) is 14.9 Å². The first kappa shape index (κ1) is 15.9. The van der Waals surface area contributed by atoms with E-state index in [2.05, 4.69) is 14.9 Å². The highest BCUT2D eigenvalue weighted by molar-refractivity contribution is 7.05. The highest BCUT2D eigenvalue weighted by Crippen LogP contribution is 2.34. The lowest BCUT2D eigenvalue weighted by Crippen LogP contribution is -2.23. The zero-order valence-electron chi connectivity index (χ0n) is 12.0. The number of nitrogens with zero attached hydrogens (tertiary/aromatic N) is 2. The van der Waals surface area contributed by atoms with Crippen molar-refractivity contribution in [3.63, 3.8) is 0 Å². The molecule has 21 heavy (non-hydrogen) atoms. The molecule has 0 bridgehead atoms. The first-order valence-corrected chi connectivity index (χ1v) is 7.32. The van der Waals surface area contributed by atoms with Crippen LogP contribution >= 0.6 is 11.5 Å². The maximum absolute atomic E-state index is 12.8. The Kier molecular flexibility index (Phi) is 4.63. The fraction of sp³-hybridized carbons (Fsp3) is 0.429. The van der Waals surface area contributed by atoms with Crippen LogP contribution in [-0.2, 0) is 6.18 Å². The van der Waals surface area contributed by atoms with E-state index < -0.39 is 11.7 Å². The van der Waals surface area contributed by atoms with E-state index in [1.807, 2.05) is 13.8 Å². The van der Waals surface area contributed by atoms with Gasteiger partial charge in [-0.2, -0.15) is 13.2 Å². The predicted octanol–water partition coefficient (Wildman–Crippen LogP) is 3.87. The predicted molar refractivity (Wildman–Crippen MR) is 76.3 cm³/mol. The van der Waals surface area contributed by atoms with Gasteiger partial charge in [-0.1, -0.05) is 17.5 Å². The van der Waals surface area contributed by atoms with Crippen molar-refractivity contribution in [2.75, 3.05) is 6.54 Å². The molecule has 0 spiro atoms. The van der Waals surface area contributed by atoms with Crippen LogP contribution in [0.1, 0.15) is 40.2 Å². The molecule has 7 heteroatoms. The van der Waals surface area contributed by atoms with E-state index in [-0.39, 0.29) is 6.04 Å². The van der Waals surface area contributed by atoms with Crippen molar-refractivity contribution in [1.29, 1.82) is 0 Å². The van der Waals surface area contributed by atoms with Crippen LogP contribution in [0.3, 0.4) is 0 Å². The number of hydrogen-bond donors (Lipinski definition) is 1. The maximum Gasteiger partial charge on any atom is 0.416 e. The van der Waals surface area contributed by atoms with Crippen molar-refractivity contribution in [3.05, 3.63) is 45.5 Å². The SMILES string of the molecule is CCNC(c1ccc(C(F)(F)F)cc1C)c1snnc1C. The Morgan fingerprint density at radius 1 is 1.29 bits per heavy atom. The first-order chi connectivity index (χ1) is 9.84. The van der Waals surface area contributed by atoms with Crippen LogP contribution in [0.25, 0.3) is 0 Å². The quantitative estimate of drug-likeness (QED) is 0.930. The van der Waals surface area contributed by atoms with Crippen molar-refractivity contribution >= 4 is 11.5 Å². The molecule has 0 saturated carbocycles. The van der Waals surface area contributed by atoms with E-state index in [4.69, 9.17) is 0 Å². The molecule has 3 nitrogen and oxygen atoms in total. The fourth-order valence-electron chi connectivity index (χ4n) is 2.23. The Bertz CT molecular complexity index is 622. The van der Waals surface area contributed by atoms with Crippen LogP contribution in [0.2, 0.25) is 0 Å². The van der Waals surface area contributed by atoms with Gasteiger partial charge in [0.25, 0.3) is 0 Å². The number of hydrogen-bond acceptors (Lipinski definition) is 4. The molecule has 0 saturated heterocycles. The lowest BCUT2D eigenvalue weighted by atomic mass is 9.97. The molecular formula is C14H16F3N3S. The van der Waals surface area contributed by atoms with Crippen molar-refractivity contribution in [3.8, 4) is 0 Å². The molecule has 0 amide bonds. The smallest absolute Gasteiger partial charge is 0.306 e. The number of halogens is 3. The van der Waals surface area contributed by atoms with E-state index in [1.165, 1.54) is 23.7 Å². The van der Waals surface area contributed by atoms with Gasteiger partial charge in [-0.05, 0) is 55.2 Å². The van der Waals surface area contributed by atoms with Gasteiger partial charge in [-0.15, -0.1) is 5.10 Å². The molecule has 114 valence electrons. The summed E-state index contributed by atoms with van der Waals surface area (Å²) in [5.74, 6) is 0. The van der Waals surface area contributed by atoms with E-state index in [1.54, 1.807) is 6.92 Å². The molecular weight excluding hydrogens is 299 g/mol. The first-order valence-electron chi connectivity index (χ1n) is 6.54. The molecule has 2 aromatic rings. The van der Waals surface area contributed by atoms with Crippen LogP contribution in [0.4, 0.5) is 13.2 Å². The van der Waals surface area contributed by atoms with Crippen LogP contribution in [0.5, 0.6) is 0 Å². The Hall–Kier alpha value is -1.47. The van der Waals surface area contributed by atoms with Gasteiger partial charge in [0.1, 0.15) is 0 Å². The van der Waals surface area contributed by atoms with Gasteiger partial charge in [-0.3, -0.25) is 0 Å². The van der Waals surface area contributed by atoms with Crippen molar-refractivity contribution in [2.45, 2.75) is 33.0 Å². The fourth-order valence-corrected chi connectivity index (χ4v) is 2.97. The average molecular weight is 315 g/mol. The molecule has 0 radical (unpaired) electrons. The lowest BCUT2D eigenvalue weighted by molar-refractivity contribution is -0.137. The molecule has 1 N–H and O–H groups in total. The summed E-state index contributed by atoms with van der Waals surface area (Å²) >= 11 is 1.27. The van der Waals surface area contributed by atoms with Crippen LogP contribution in [-0.4, -0.2) is 16.1 Å². The van der Waals surface area contributed by atoms with E-state index in [9.17, 15) is 13.2 Å². The summed E-state index contributed by atoms with van der Waals surface area (Å²) in [5, 5.41) is 7.27. The van der Waals surface area contributed by atoms with Crippen molar-refractivity contribution < 1.29 is 13.2 Å². The van der Waals surface area contributed by atoms with E-state index in [0.717, 1.165) is 22.2 Å². The van der Waals surface area contributed by atoms with Gasteiger partial charge in [-0.25, -0.2) is 0 Å². The minimum atomic E-state index is -4.32. The number of rotatable bonds is 4. The number of alkyl halides is 3. The monoisotopic (exact) mass is 315 g/mol. The highest BCUT2D eigenvalue weighted by atomic mass is 32.1. The standard InChI is InChI=1S/C14H16F3N3S/c1-4-18-12(13-9(3)19-20-21-13)11-6-5-10(7-8(11)2)14(15,16)17/h5-7,12,18H,4H2,1-3H3. The normalized spacial score (nSPS) is 13.4. The van der Waals surface area contributed by atoms with Gasteiger partial charge in [0.15, 0.2) is 0 Å². The van der Waals surface area contributed by atoms with Crippen LogP contribution < -0.4 is 5.32 Å². The second-order valence-corrected chi connectivity index (χ2v) is 5.57. The third-order valence-electron chi connectivity index (χ3n) is 3.27. The summed E-state index contributed by atoms with van der Waals surface area (Å²) in [4.78, 5) is 0.930. The Labute approximate surface area is 125 Å². The molecule has 0 fully saturated rings. The second kappa shape index (κ2) is 6.11. The second-order valence-electron chi connectivity index (χ2n) is 4.78. The molecule has 1 heterocycles. The molecule has 0 aliphatic rings. The minimum absolute atomic E-state index is 0.183. The van der Waals surface area contributed by atoms with Gasteiger partial charge in [0.2, 0.25) is 0 Å². The summed E-state index contributed by atoms with van der Waals surface area (Å²) in [6.45, 7) is 6.19. The summed E-state index contributed by atoms with van der Waals surface area (Å²) in [6.07, 6.45) is -4.32. The lowest BCUT2D eigenvalue weighted by Gasteiger charge is -2.20. The van der Waals surface area contributed by atoms with E-state index >= 15 is 0 Å². The van der Waals surface area contributed by atoms with Gasteiger partial charge in [0, 0.05) is 0 Å². The zero-order chi connectivity index (χ0) is 15.6. The van der Waals surface area contributed by atoms with Crippen molar-refractivity contribution in [2.24, 2.45) is 0 Å². The number of aromatic nitrogens is 2. The molecule has 1 atom stereocenters. The molecule has 1 aromatic carbocycles. The Morgan fingerprint density at radius 3 is 2.48 bits per heavy atom. The highest BCUT2D eigenvalue weighted by Gasteiger charge is 2.31. The van der Waals surface area contributed by atoms with Gasteiger partial charge < -0.3 is 5.32 Å². The van der Waals surface area contributed by atoms with E-state index in [0.29, 0.717) is 12.1 Å². The topological polar surface area (TPSA) is 37.8 Å². The third kappa shape index (κ3) is 3.41. The molecule has 1 aromatic heterocycles. The summed E-state index contributed by atoms with van der Waals surface area (Å²) in [5.41, 5.74) is 1.59. The van der Waals surface area contributed by atoms with Gasteiger partial charge in [0.05, 0.1) is 22.2 Å².